The molecule has 1 fully saturated rings. The molecule has 0 atom stereocenters. The van der Waals surface area contributed by atoms with Crippen molar-refractivity contribution in [3.63, 3.8) is 0 Å². The van der Waals surface area contributed by atoms with Crippen LogP contribution in [0.4, 0.5) is 0 Å². The van der Waals surface area contributed by atoms with Crippen LogP contribution in [0.1, 0.15) is 31.2 Å². The van der Waals surface area contributed by atoms with Crippen LogP contribution >= 0.6 is 0 Å². The minimum absolute atomic E-state index is 0.0412. The van der Waals surface area contributed by atoms with Gasteiger partial charge in [-0.3, -0.25) is 4.84 Å². The van der Waals surface area contributed by atoms with Crippen LogP contribution < -0.4 is 4.89 Å². The molecule has 0 spiro atoms. The molecule has 1 aliphatic rings. The molecule has 0 saturated heterocycles. The van der Waals surface area contributed by atoms with Crippen LogP contribution in [-0.2, 0) is 14.9 Å². The molecule has 0 radical (unpaired) electrons. The molecule has 6 heteroatoms. The normalized spacial score (nSPS) is 16.6. The van der Waals surface area contributed by atoms with E-state index in [9.17, 15) is 8.42 Å². The first-order valence-corrected chi connectivity index (χ1v) is 7.28. The van der Waals surface area contributed by atoms with E-state index in [0.29, 0.717) is 5.56 Å². The van der Waals surface area contributed by atoms with Gasteiger partial charge < -0.3 is 0 Å². The molecule has 1 saturated carbocycles. The Kier molecular flexibility index (Phi) is 3.97. The monoisotopic (exact) mass is 266 g/mol. The summed E-state index contributed by atoms with van der Waals surface area (Å²) in [6.45, 7) is 0. The van der Waals surface area contributed by atoms with Gasteiger partial charge in [-0.05, 0) is 31.0 Å². The molecule has 0 unspecified atom stereocenters. The molecule has 0 aliphatic heterocycles. The molecule has 1 aliphatic carbocycles. The van der Waals surface area contributed by atoms with Crippen molar-refractivity contribution in [1.82, 2.24) is 4.89 Å². The summed E-state index contributed by atoms with van der Waals surface area (Å²) >= 11 is 0. The van der Waals surface area contributed by atoms with Crippen molar-refractivity contribution in [2.24, 2.45) is 0 Å². The van der Waals surface area contributed by atoms with Crippen molar-refractivity contribution in [3.8, 4) is 6.07 Å². The summed E-state index contributed by atoms with van der Waals surface area (Å²) in [6, 6.07) is 7.74. The predicted molar refractivity (Wildman–Crippen MR) is 64.8 cm³/mol. The average molecular weight is 266 g/mol. The summed E-state index contributed by atoms with van der Waals surface area (Å²) in [5.41, 5.74) is 0.304. The van der Waals surface area contributed by atoms with E-state index in [0.717, 1.165) is 25.7 Å². The third kappa shape index (κ3) is 3.07. The summed E-state index contributed by atoms with van der Waals surface area (Å²) in [7, 11) is -3.70. The number of hydrogen-bond donors (Lipinski definition) is 1. The van der Waals surface area contributed by atoms with E-state index in [-0.39, 0.29) is 11.0 Å². The Hall–Kier alpha value is -1.42. The van der Waals surface area contributed by atoms with E-state index in [4.69, 9.17) is 10.1 Å². The zero-order valence-electron chi connectivity index (χ0n) is 9.80. The molecule has 1 aromatic rings. The fourth-order valence-electron chi connectivity index (χ4n) is 1.92. The summed E-state index contributed by atoms with van der Waals surface area (Å²) in [4.78, 5) is 7.35. The third-order valence-corrected chi connectivity index (χ3v) is 4.09. The lowest BCUT2D eigenvalue weighted by atomic mass is 10.2. The molecule has 0 bridgehead atoms. The number of rotatable bonds is 4. The van der Waals surface area contributed by atoms with Crippen molar-refractivity contribution in [3.05, 3.63) is 29.8 Å². The summed E-state index contributed by atoms with van der Waals surface area (Å²) in [5, 5.41) is 8.73. The lowest BCUT2D eigenvalue weighted by molar-refractivity contribution is 0.0223. The zero-order chi connectivity index (χ0) is 13.0. The van der Waals surface area contributed by atoms with Gasteiger partial charge in [0.1, 0.15) is 0 Å². The Morgan fingerprint density at radius 3 is 2.72 bits per heavy atom. The fourth-order valence-corrected chi connectivity index (χ4v) is 2.82. The highest BCUT2D eigenvalue weighted by Gasteiger charge is 2.20. The highest BCUT2D eigenvalue weighted by atomic mass is 32.2. The average Bonchev–Trinajstić information content (AvgIpc) is 2.90. The lowest BCUT2D eigenvalue weighted by Gasteiger charge is -2.12. The SMILES string of the molecule is N#Cc1cccc(S(=O)(=O)NOC2CCCC2)c1. The van der Waals surface area contributed by atoms with E-state index in [1.807, 2.05) is 6.07 Å². The van der Waals surface area contributed by atoms with Crippen molar-refractivity contribution < 1.29 is 13.3 Å². The molecule has 1 N–H and O–H groups in total. The van der Waals surface area contributed by atoms with E-state index in [1.165, 1.54) is 18.2 Å². The largest absolute Gasteiger partial charge is 0.284 e. The third-order valence-electron chi connectivity index (χ3n) is 2.90. The molecule has 2 rings (SSSR count). The number of sulfonamides is 1. The maximum atomic E-state index is 11.9. The van der Waals surface area contributed by atoms with E-state index in [2.05, 4.69) is 4.89 Å². The Morgan fingerprint density at radius 1 is 1.33 bits per heavy atom. The van der Waals surface area contributed by atoms with Crippen molar-refractivity contribution in [2.75, 3.05) is 0 Å². The van der Waals surface area contributed by atoms with Crippen LogP contribution in [0, 0.1) is 11.3 Å². The first kappa shape index (κ1) is 13.0. The Labute approximate surface area is 106 Å². The second-order valence-electron chi connectivity index (χ2n) is 4.25. The first-order valence-electron chi connectivity index (χ1n) is 5.79. The van der Waals surface area contributed by atoms with Gasteiger partial charge in [0.2, 0.25) is 0 Å². The topological polar surface area (TPSA) is 79.2 Å². The maximum absolute atomic E-state index is 11.9. The van der Waals surface area contributed by atoms with Crippen molar-refractivity contribution in [2.45, 2.75) is 36.7 Å². The van der Waals surface area contributed by atoms with Gasteiger partial charge in [-0.15, -0.1) is 0 Å². The summed E-state index contributed by atoms with van der Waals surface area (Å²) in [6.07, 6.45) is 3.84. The Bertz CT molecular complexity index is 557. The Morgan fingerprint density at radius 2 is 2.06 bits per heavy atom. The quantitative estimate of drug-likeness (QED) is 0.841. The molecular weight excluding hydrogens is 252 g/mol. The molecule has 0 amide bonds. The number of nitrogens with zero attached hydrogens (tertiary/aromatic N) is 1. The van der Waals surface area contributed by atoms with Gasteiger partial charge in [0.05, 0.1) is 22.6 Å². The second kappa shape index (κ2) is 5.48. The van der Waals surface area contributed by atoms with Crippen LogP contribution in [0.3, 0.4) is 0 Å². The molecule has 1 aromatic carbocycles. The van der Waals surface area contributed by atoms with Gasteiger partial charge >= 0.3 is 0 Å². The van der Waals surface area contributed by atoms with Gasteiger partial charge in [0, 0.05) is 0 Å². The summed E-state index contributed by atoms with van der Waals surface area (Å²) in [5.74, 6) is 0. The van der Waals surface area contributed by atoms with Crippen molar-refractivity contribution >= 4 is 10.0 Å². The van der Waals surface area contributed by atoms with Crippen LogP contribution in [0.5, 0.6) is 0 Å². The number of hydrogen-bond acceptors (Lipinski definition) is 4. The number of nitrogens with one attached hydrogen (secondary N) is 1. The van der Waals surface area contributed by atoms with E-state index >= 15 is 0 Å². The molecule has 0 heterocycles. The highest BCUT2D eigenvalue weighted by Crippen LogP contribution is 2.20. The minimum Gasteiger partial charge on any atom is -0.284 e. The standard InChI is InChI=1S/C12H14N2O3S/c13-9-10-4-3-7-12(8-10)18(15,16)14-17-11-5-1-2-6-11/h3-4,7-8,11,14H,1-2,5-6H2. The smallest absolute Gasteiger partial charge is 0.262 e. The van der Waals surface area contributed by atoms with Crippen LogP contribution in [-0.4, -0.2) is 14.5 Å². The second-order valence-corrected chi connectivity index (χ2v) is 5.90. The molecule has 96 valence electrons. The molecule has 5 nitrogen and oxygen atoms in total. The highest BCUT2D eigenvalue weighted by molar-refractivity contribution is 7.89. The minimum atomic E-state index is -3.70. The fraction of sp³-hybridized carbons (Fsp3) is 0.417. The van der Waals surface area contributed by atoms with Crippen LogP contribution in [0.15, 0.2) is 29.2 Å². The van der Waals surface area contributed by atoms with Crippen molar-refractivity contribution in [1.29, 1.82) is 5.26 Å². The van der Waals surface area contributed by atoms with E-state index < -0.39 is 10.0 Å². The van der Waals surface area contributed by atoms with Gasteiger partial charge in [0.25, 0.3) is 10.0 Å². The van der Waals surface area contributed by atoms with Gasteiger partial charge in [-0.25, -0.2) is 8.42 Å². The predicted octanol–water partition coefficient (Wildman–Crippen LogP) is 1.71. The summed E-state index contributed by atoms with van der Waals surface area (Å²) < 4.78 is 23.8. The van der Waals surface area contributed by atoms with Gasteiger partial charge in [-0.1, -0.05) is 23.8 Å². The molecule has 0 aromatic heterocycles. The zero-order valence-corrected chi connectivity index (χ0v) is 10.6. The number of benzene rings is 1. The Balaban J connectivity index is 2.07. The van der Waals surface area contributed by atoms with Crippen LogP contribution in [0.2, 0.25) is 0 Å². The number of nitriles is 1. The maximum Gasteiger partial charge on any atom is 0.262 e. The van der Waals surface area contributed by atoms with E-state index in [1.54, 1.807) is 6.07 Å². The lowest BCUT2D eigenvalue weighted by Crippen LogP contribution is -2.28. The van der Waals surface area contributed by atoms with Gasteiger partial charge in [0.15, 0.2) is 0 Å². The van der Waals surface area contributed by atoms with Gasteiger partial charge in [-0.2, -0.15) is 5.26 Å². The molecular formula is C12H14N2O3S. The first-order chi connectivity index (χ1) is 8.62. The van der Waals surface area contributed by atoms with Crippen LogP contribution in [0.25, 0.3) is 0 Å². The molecule has 18 heavy (non-hydrogen) atoms.